The van der Waals surface area contributed by atoms with Crippen LogP contribution in [0.5, 0.6) is 0 Å². The fourth-order valence-electron chi connectivity index (χ4n) is 9.11. The summed E-state index contributed by atoms with van der Waals surface area (Å²) in [5.41, 5.74) is -3.60. The van der Waals surface area contributed by atoms with Crippen LogP contribution < -0.4 is 31.9 Å². The number of carbonyl (C=O) groups excluding carboxylic acids is 9. The molecule has 0 radical (unpaired) electrons. The lowest BCUT2D eigenvalue weighted by Gasteiger charge is -2.34. The Labute approximate surface area is 475 Å². The molecule has 21 heteroatoms. The van der Waals surface area contributed by atoms with Crippen LogP contribution >= 0.6 is 0 Å². The van der Waals surface area contributed by atoms with Crippen LogP contribution in [-0.2, 0) is 73.1 Å². The summed E-state index contributed by atoms with van der Waals surface area (Å²) in [6, 6.07) is 0.260. The van der Waals surface area contributed by atoms with Gasteiger partial charge in [0.05, 0.1) is 30.0 Å². The molecule has 448 valence electrons. The Balaban J connectivity index is 2.03. The minimum atomic E-state index is -1.64. The second-order valence-corrected chi connectivity index (χ2v) is 26.4. The highest BCUT2D eigenvalue weighted by atomic mass is 16.7. The van der Waals surface area contributed by atoms with Crippen molar-refractivity contribution in [1.29, 1.82) is 0 Å². The number of hydrogen-bond donors (Lipinski definition) is 6. The van der Waals surface area contributed by atoms with Crippen molar-refractivity contribution in [2.45, 2.75) is 259 Å². The van der Waals surface area contributed by atoms with E-state index in [-0.39, 0.29) is 25.2 Å². The number of aryl methyl sites for hydroxylation is 1. The van der Waals surface area contributed by atoms with Crippen LogP contribution in [0.1, 0.15) is 193 Å². The van der Waals surface area contributed by atoms with Crippen molar-refractivity contribution in [3.05, 3.63) is 48.0 Å². The van der Waals surface area contributed by atoms with Crippen LogP contribution in [0.4, 0.5) is 0 Å². The summed E-state index contributed by atoms with van der Waals surface area (Å²) >= 11 is 0. The van der Waals surface area contributed by atoms with Gasteiger partial charge in [-0.15, -0.1) is 6.58 Å². The van der Waals surface area contributed by atoms with Crippen molar-refractivity contribution in [3.8, 4) is 0 Å². The predicted molar refractivity (Wildman–Crippen MR) is 304 cm³/mol. The Hall–Kier alpha value is -5.83. The fraction of sp³-hybridized carbons (Fsp3) is 0.712. The second-order valence-electron chi connectivity index (χ2n) is 26.4. The van der Waals surface area contributed by atoms with E-state index in [1.165, 1.54) is 0 Å². The Morgan fingerprint density at radius 3 is 1.61 bits per heavy atom. The van der Waals surface area contributed by atoms with Gasteiger partial charge in [0, 0.05) is 19.3 Å². The molecule has 1 aromatic rings. The molecule has 1 saturated carbocycles. The number of esters is 3. The van der Waals surface area contributed by atoms with E-state index in [9.17, 15) is 43.2 Å². The van der Waals surface area contributed by atoms with Gasteiger partial charge in [0.25, 0.3) is 0 Å². The summed E-state index contributed by atoms with van der Waals surface area (Å²) in [7, 11) is -0.807. The van der Waals surface area contributed by atoms with Gasteiger partial charge in [-0.3, -0.25) is 43.2 Å². The van der Waals surface area contributed by atoms with Gasteiger partial charge in [0.1, 0.15) is 47.0 Å². The predicted octanol–water partition coefficient (Wildman–Crippen LogP) is 6.26. The van der Waals surface area contributed by atoms with Crippen molar-refractivity contribution >= 4 is 60.5 Å². The molecule has 1 aromatic carbocycles. The first kappa shape index (κ1) is 68.4. The second kappa shape index (κ2) is 28.7. The Morgan fingerprint density at radius 1 is 0.613 bits per heavy atom. The molecule has 1 aliphatic heterocycles. The first-order valence-corrected chi connectivity index (χ1v) is 28.2. The number of benzene rings is 1. The molecule has 0 aromatic heterocycles. The van der Waals surface area contributed by atoms with E-state index in [4.69, 9.17) is 23.5 Å². The van der Waals surface area contributed by atoms with Crippen LogP contribution in [0.2, 0.25) is 0 Å². The Morgan fingerprint density at radius 2 is 1.09 bits per heavy atom. The number of nitrogens with one attached hydrogen (secondary N) is 6. The summed E-state index contributed by atoms with van der Waals surface area (Å²) in [6.45, 7) is 33.5. The van der Waals surface area contributed by atoms with E-state index in [2.05, 4.69) is 38.5 Å². The molecule has 80 heavy (non-hydrogen) atoms. The molecule has 6 atom stereocenters. The molecule has 6 N–H and O–H groups in total. The van der Waals surface area contributed by atoms with Crippen molar-refractivity contribution in [2.24, 2.45) is 11.3 Å². The maximum absolute atomic E-state index is 14.9. The zero-order chi connectivity index (χ0) is 60.8. The minimum absolute atomic E-state index is 0.0965. The molecule has 1 unspecified atom stereocenters. The normalized spacial score (nSPS) is 17.7. The largest absolute Gasteiger partial charge is 0.482 e. The maximum Gasteiger partial charge on any atom is 0.482 e. The molecule has 6 amide bonds. The summed E-state index contributed by atoms with van der Waals surface area (Å²) < 4.78 is 29.0. The monoisotopic (exact) mass is 1120 g/mol. The van der Waals surface area contributed by atoms with Crippen molar-refractivity contribution in [2.75, 3.05) is 0 Å². The molecule has 2 aliphatic rings. The highest BCUT2D eigenvalue weighted by Crippen LogP contribution is 2.38. The number of amides is 6. The molecule has 0 bridgehead atoms. The van der Waals surface area contributed by atoms with Gasteiger partial charge >= 0.3 is 25.0 Å². The summed E-state index contributed by atoms with van der Waals surface area (Å²) in [5, 5.41) is 16.8. The van der Waals surface area contributed by atoms with Crippen molar-refractivity contribution in [3.63, 3.8) is 0 Å². The van der Waals surface area contributed by atoms with Crippen LogP contribution in [-0.4, -0.2) is 125 Å². The maximum atomic E-state index is 14.9. The highest BCUT2D eigenvalue weighted by Gasteiger charge is 2.54. The average Bonchev–Trinajstić information content (AvgIpc) is 3.89. The van der Waals surface area contributed by atoms with Gasteiger partial charge < -0.3 is 55.4 Å². The third-order valence-electron chi connectivity index (χ3n) is 13.9. The molecule has 1 heterocycles. The van der Waals surface area contributed by atoms with Crippen molar-refractivity contribution in [1.82, 2.24) is 31.9 Å². The first-order valence-electron chi connectivity index (χ1n) is 28.2. The van der Waals surface area contributed by atoms with E-state index < -0.39 is 149 Å². The molecule has 3 rings (SSSR count). The third kappa shape index (κ3) is 23.3. The highest BCUT2D eigenvalue weighted by molar-refractivity contribution is 6.48. The van der Waals surface area contributed by atoms with Gasteiger partial charge in [-0.1, -0.05) is 76.8 Å². The number of ether oxygens (including phenoxy) is 3. The quantitative estimate of drug-likeness (QED) is 0.0259. The molecule has 1 aliphatic carbocycles. The first-order chi connectivity index (χ1) is 36.7. The van der Waals surface area contributed by atoms with E-state index in [1.54, 1.807) is 101 Å². The lowest BCUT2D eigenvalue weighted by molar-refractivity contribution is -0.158. The zero-order valence-electron chi connectivity index (χ0n) is 50.9. The SMILES string of the molecule is C=CCC(NC(=O)[C@H](CC1CCCC1)NC(=O)[C@@H](NC(=O)[C@H](Cc1ccccc1C)NC(=O)[C@H](CCC(=O)OC(C)(C)C)NC(=O)[C@H](CC(=O)OC(C)(C)C)NC(=O)CCC(=O)OC(C)(C)C)C(C)(C)C)B1OC(C)(C)C(C)(C)O1. The number of carbonyl (C=O) groups is 9. The average molecular weight is 1120 g/mol. The molecule has 20 nitrogen and oxygen atoms in total. The van der Waals surface area contributed by atoms with Gasteiger partial charge in [0.2, 0.25) is 35.4 Å². The van der Waals surface area contributed by atoms with E-state index >= 15 is 0 Å². The van der Waals surface area contributed by atoms with E-state index in [0.29, 0.717) is 18.4 Å². The smallest absolute Gasteiger partial charge is 0.460 e. The van der Waals surface area contributed by atoms with Gasteiger partial charge in [-0.05, 0) is 139 Å². The molecule has 0 spiro atoms. The molecule has 1 saturated heterocycles. The Kier molecular flexibility index (Phi) is 24.6. The van der Waals surface area contributed by atoms with Gasteiger partial charge in [0.15, 0.2) is 0 Å². The van der Waals surface area contributed by atoms with Crippen LogP contribution in [0.15, 0.2) is 36.9 Å². The summed E-state index contributed by atoms with van der Waals surface area (Å²) in [6.07, 6.45) is 3.74. The van der Waals surface area contributed by atoms with Crippen LogP contribution in [0, 0.1) is 18.3 Å². The van der Waals surface area contributed by atoms with Gasteiger partial charge in [-0.25, -0.2) is 0 Å². The topological polar surface area (TPSA) is 272 Å². The number of rotatable bonds is 26. The molecular weight excluding hydrogens is 1030 g/mol. The van der Waals surface area contributed by atoms with E-state index in [0.717, 1.165) is 31.2 Å². The van der Waals surface area contributed by atoms with Crippen LogP contribution in [0.25, 0.3) is 0 Å². The zero-order valence-corrected chi connectivity index (χ0v) is 50.9. The molecular formula is C59H95BN6O14. The third-order valence-corrected chi connectivity index (χ3v) is 13.9. The van der Waals surface area contributed by atoms with E-state index in [1.807, 2.05) is 46.8 Å². The lowest BCUT2D eigenvalue weighted by Crippen LogP contribution is -2.62. The van der Waals surface area contributed by atoms with Gasteiger partial charge in [-0.2, -0.15) is 0 Å². The summed E-state index contributed by atoms with van der Waals surface area (Å²) in [4.78, 5) is 125. The van der Waals surface area contributed by atoms with Crippen LogP contribution in [0.3, 0.4) is 0 Å². The standard InChI is InChI=1S/C59H95BN6O14/c1-19-24-43(60-79-58(15,16)59(17,18)80-60)65-51(73)40(33-37-26-21-22-27-37)64-53(75)48(54(3,4)5)66-52(74)41(34-38-28-23-20-25-36(38)2)63-49(71)39(29-31-45(68)76-55(6,7)8)62-50(72)42(35-47(70)78-57(12,13)14)61-44(67)30-32-46(69)77-56(9,10)11/h19-20,23,25,28,37,39-43,48H,1,21-22,24,26-27,29-35H2,2-18H3,(H,61,67)(H,62,72)(H,63,71)(H,64,75)(H,65,73)(H,66,74)/t39-,40-,41-,42-,43?,48+/m0/s1. The molecule has 2 fully saturated rings. The minimum Gasteiger partial charge on any atom is -0.460 e. The number of hydrogen-bond acceptors (Lipinski definition) is 14. The Bertz CT molecular complexity index is 2340. The van der Waals surface area contributed by atoms with Crippen molar-refractivity contribution < 1.29 is 66.7 Å². The fourth-order valence-corrected chi connectivity index (χ4v) is 9.11. The summed E-state index contributed by atoms with van der Waals surface area (Å²) in [5.74, 6) is -7.34. The lowest BCUT2D eigenvalue weighted by atomic mass is 9.76.